The van der Waals surface area contributed by atoms with Crippen molar-refractivity contribution in [1.82, 2.24) is 10.2 Å². The van der Waals surface area contributed by atoms with Crippen molar-refractivity contribution in [2.45, 2.75) is 95.5 Å². The third-order valence-corrected chi connectivity index (χ3v) is 8.12. The predicted molar refractivity (Wildman–Crippen MR) is 153 cm³/mol. The second kappa shape index (κ2) is 12.0. The number of halogens is 4. The maximum Gasteiger partial charge on any atom is 0.350 e. The number of likely N-dealkylation sites (tertiary alicyclic amines) is 1. The van der Waals surface area contributed by atoms with Crippen molar-refractivity contribution in [2.24, 2.45) is 4.99 Å². The van der Waals surface area contributed by atoms with E-state index in [1.165, 1.54) is 12.1 Å². The van der Waals surface area contributed by atoms with Gasteiger partial charge in [0.25, 0.3) is 0 Å². The molecule has 2 amide bonds. The van der Waals surface area contributed by atoms with Crippen LogP contribution < -0.4 is 15.0 Å². The lowest BCUT2D eigenvalue weighted by Gasteiger charge is -2.48. The highest BCUT2D eigenvalue weighted by atomic mass is 35.5. The minimum atomic E-state index is -2.64. The van der Waals surface area contributed by atoms with Crippen LogP contribution in [0, 0.1) is 5.82 Å². The number of anilines is 1. The van der Waals surface area contributed by atoms with E-state index in [9.17, 15) is 18.0 Å². The molecule has 0 bridgehead atoms. The molecule has 1 saturated heterocycles. The third kappa shape index (κ3) is 6.41. The van der Waals surface area contributed by atoms with Gasteiger partial charge in [-0.05, 0) is 82.3 Å². The van der Waals surface area contributed by atoms with Gasteiger partial charge in [-0.1, -0.05) is 18.2 Å². The number of hydrogen-bond donors (Lipinski definition) is 1. The predicted octanol–water partition coefficient (Wildman–Crippen LogP) is 6.96. The van der Waals surface area contributed by atoms with E-state index >= 15 is 0 Å². The number of alkyl halides is 2. The standard InChI is InChI=1S/C30H37F3N4O2.ClH/c1-20(2)39-26-9-4-6-22(16-26)19-36-15-14-29(18-21(36)3)27(34-24-10-12-30(32,33)13-11-24)35-28(38)37(29)25-8-5-7-23(31)17-25;/h4-9,16-17,20-21,24H,10-15,18-19H2,1-3H3,(H,34,35,38);1H/t21-,29+;/m0./s1. The lowest BCUT2D eigenvalue weighted by Crippen LogP contribution is -2.64. The fourth-order valence-electron chi connectivity index (χ4n) is 6.20. The number of rotatable bonds is 6. The van der Waals surface area contributed by atoms with Crippen LogP contribution in [0.4, 0.5) is 23.7 Å². The van der Waals surface area contributed by atoms with E-state index in [2.05, 4.69) is 34.3 Å². The molecule has 5 rings (SSSR count). The summed E-state index contributed by atoms with van der Waals surface area (Å²) in [6.07, 6.45) is 1.50. The van der Waals surface area contributed by atoms with Crippen LogP contribution in [0.1, 0.15) is 64.9 Å². The molecule has 1 aliphatic carbocycles. The molecule has 2 aromatic rings. The van der Waals surface area contributed by atoms with Gasteiger partial charge in [0, 0.05) is 43.7 Å². The molecule has 2 fully saturated rings. The van der Waals surface area contributed by atoms with Crippen LogP contribution in [0.5, 0.6) is 5.75 Å². The number of piperidine rings is 1. The fraction of sp³-hybridized carbons (Fsp3) is 0.533. The zero-order chi connectivity index (χ0) is 27.8. The highest BCUT2D eigenvalue weighted by Crippen LogP contribution is 2.42. The fourth-order valence-corrected chi connectivity index (χ4v) is 6.20. The van der Waals surface area contributed by atoms with E-state index in [1.54, 1.807) is 17.0 Å². The van der Waals surface area contributed by atoms with Gasteiger partial charge in [-0.25, -0.2) is 18.0 Å². The Kier molecular flexibility index (Phi) is 9.05. The summed E-state index contributed by atoms with van der Waals surface area (Å²) in [5.74, 6) is -1.72. The summed E-state index contributed by atoms with van der Waals surface area (Å²) in [5, 5.41) is 3.40. The zero-order valence-electron chi connectivity index (χ0n) is 23.2. The molecule has 218 valence electrons. The van der Waals surface area contributed by atoms with Crippen molar-refractivity contribution in [3.8, 4) is 5.75 Å². The number of nitrogens with zero attached hydrogens (tertiary/aromatic N) is 3. The Labute approximate surface area is 240 Å². The molecule has 1 N–H and O–H groups in total. The van der Waals surface area contributed by atoms with Crippen molar-refractivity contribution < 1.29 is 22.7 Å². The molecule has 0 radical (unpaired) electrons. The number of benzene rings is 2. The molecular formula is C30H38ClF3N4O2. The molecule has 2 aromatic carbocycles. The molecule has 10 heteroatoms. The Morgan fingerprint density at radius 2 is 1.82 bits per heavy atom. The topological polar surface area (TPSA) is 57.2 Å². The van der Waals surface area contributed by atoms with E-state index in [4.69, 9.17) is 4.74 Å². The van der Waals surface area contributed by atoms with Crippen LogP contribution in [-0.4, -0.2) is 53.0 Å². The van der Waals surface area contributed by atoms with Crippen LogP contribution in [0.2, 0.25) is 0 Å². The Balaban J connectivity index is 0.00000370. The lowest BCUT2D eigenvalue weighted by molar-refractivity contribution is -0.0391. The molecule has 3 aliphatic rings. The molecule has 0 unspecified atom stereocenters. The van der Waals surface area contributed by atoms with Gasteiger partial charge < -0.3 is 10.1 Å². The average molecular weight is 579 g/mol. The summed E-state index contributed by atoms with van der Waals surface area (Å²) < 4.78 is 47.8. The zero-order valence-corrected chi connectivity index (χ0v) is 24.0. The smallest absolute Gasteiger partial charge is 0.350 e. The molecular weight excluding hydrogens is 541 g/mol. The molecule has 2 aliphatic heterocycles. The van der Waals surface area contributed by atoms with Gasteiger partial charge in [-0.15, -0.1) is 12.4 Å². The normalized spacial score (nSPS) is 25.2. The summed E-state index contributed by atoms with van der Waals surface area (Å²) in [6, 6.07) is 13.5. The number of urea groups is 1. The summed E-state index contributed by atoms with van der Waals surface area (Å²) in [4.78, 5) is 21.7. The second-order valence-corrected chi connectivity index (χ2v) is 11.5. The summed E-state index contributed by atoms with van der Waals surface area (Å²) in [7, 11) is 0. The molecule has 1 spiro atoms. The number of hydrogen-bond acceptors (Lipinski definition) is 4. The largest absolute Gasteiger partial charge is 0.491 e. The SMILES string of the molecule is CC(C)Oc1cccc(CN2CC[C@@]3(C[C@@H]2C)C(NC2CCC(F)(F)CC2)=NC(=O)N3c2cccc(F)c2)c1.Cl. The molecule has 2 atom stereocenters. The first-order valence-corrected chi connectivity index (χ1v) is 13.9. The number of carbonyl (C=O) groups excluding carboxylic acids is 1. The molecule has 1 saturated carbocycles. The second-order valence-electron chi connectivity index (χ2n) is 11.5. The van der Waals surface area contributed by atoms with Gasteiger partial charge in [0.2, 0.25) is 5.92 Å². The number of nitrogens with one attached hydrogen (secondary N) is 1. The minimum Gasteiger partial charge on any atom is -0.491 e. The third-order valence-electron chi connectivity index (χ3n) is 8.12. The number of amidine groups is 1. The maximum absolute atomic E-state index is 14.3. The monoisotopic (exact) mass is 578 g/mol. The van der Waals surface area contributed by atoms with Gasteiger partial charge in [0.15, 0.2) is 0 Å². The Bertz CT molecular complexity index is 1230. The van der Waals surface area contributed by atoms with E-state index in [1.807, 2.05) is 26.0 Å². The first-order chi connectivity index (χ1) is 18.5. The minimum absolute atomic E-state index is 0. The van der Waals surface area contributed by atoms with Crippen molar-refractivity contribution in [3.63, 3.8) is 0 Å². The van der Waals surface area contributed by atoms with Gasteiger partial charge in [0.05, 0.1) is 6.10 Å². The van der Waals surface area contributed by atoms with Gasteiger partial charge in [0.1, 0.15) is 22.9 Å². The van der Waals surface area contributed by atoms with Gasteiger partial charge in [-0.2, -0.15) is 4.99 Å². The number of carbonyl (C=O) groups is 1. The maximum atomic E-state index is 14.3. The van der Waals surface area contributed by atoms with Crippen LogP contribution in [0.15, 0.2) is 53.5 Å². The summed E-state index contributed by atoms with van der Waals surface area (Å²) in [5.41, 5.74) is 0.786. The van der Waals surface area contributed by atoms with Crippen LogP contribution in [0.3, 0.4) is 0 Å². The highest BCUT2D eigenvalue weighted by molar-refractivity contribution is 6.16. The number of aliphatic imine (C=N–C) groups is 1. The average Bonchev–Trinajstić information content (AvgIpc) is 3.12. The lowest BCUT2D eigenvalue weighted by atomic mass is 9.80. The van der Waals surface area contributed by atoms with Crippen LogP contribution >= 0.6 is 12.4 Å². The number of amides is 2. The number of ether oxygens (including phenoxy) is 1. The summed E-state index contributed by atoms with van der Waals surface area (Å²) >= 11 is 0. The van der Waals surface area contributed by atoms with Gasteiger partial charge >= 0.3 is 6.03 Å². The Hall–Kier alpha value is -2.78. The first kappa shape index (κ1) is 30.2. The van der Waals surface area contributed by atoms with E-state index in [0.717, 1.165) is 17.9 Å². The van der Waals surface area contributed by atoms with Crippen molar-refractivity contribution >= 4 is 30.0 Å². The summed E-state index contributed by atoms with van der Waals surface area (Å²) in [6.45, 7) is 7.52. The quantitative estimate of drug-likeness (QED) is 0.402. The van der Waals surface area contributed by atoms with Crippen molar-refractivity contribution in [3.05, 3.63) is 59.9 Å². The molecule has 40 heavy (non-hydrogen) atoms. The van der Waals surface area contributed by atoms with E-state index in [0.29, 0.717) is 43.8 Å². The van der Waals surface area contributed by atoms with E-state index < -0.39 is 23.3 Å². The molecule has 2 heterocycles. The van der Waals surface area contributed by atoms with Gasteiger partial charge in [-0.3, -0.25) is 9.80 Å². The Morgan fingerprint density at radius 1 is 1.10 bits per heavy atom. The highest BCUT2D eigenvalue weighted by Gasteiger charge is 2.54. The Morgan fingerprint density at radius 3 is 2.50 bits per heavy atom. The first-order valence-electron chi connectivity index (χ1n) is 13.9. The van der Waals surface area contributed by atoms with Crippen LogP contribution in [0.25, 0.3) is 0 Å². The van der Waals surface area contributed by atoms with Crippen molar-refractivity contribution in [2.75, 3.05) is 11.4 Å². The van der Waals surface area contributed by atoms with E-state index in [-0.39, 0.29) is 43.4 Å². The molecule has 0 aromatic heterocycles. The van der Waals surface area contributed by atoms with Crippen LogP contribution in [-0.2, 0) is 6.54 Å². The molecule has 6 nitrogen and oxygen atoms in total. The van der Waals surface area contributed by atoms with Crippen molar-refractivity contribution in [1.29, 1.82) is 0 Å².